The van der Waals surface area contributed by atoms with Crippen molar-refractivity contribution in [1.82, 2.24) is 15.3 Å². The fraction of sp³-hybridized carbons (Fsp3) is 0.536. The number of carbonyl (C=O) groups excluding carboxylic acids is 2. The summed E-state index contributed by atoms with van der Waals surface area (Å²) in [4.78, 5) is 56.6. The van der Waals surface area contributed by atoms with E-state index in [1.165, 1.54) is 7.11 Å². The topological polar surface area (TPSA) is 232 Å². The summed E-state index contributed by atoms with van der Waals surface area (Å²) in [5.41, 5.74) is 13.0. The molecule has 1 saturated carbocycles. The van der Waals surface area contributed by atoms with Crippen LogP contribution in [0, 0.1) is 12.8 Å². The highest BCUT2D eigenvalue weighted by Crippen LogP contribution is 2.28. The molecule has 268 valence electrons. The van der Waals surface area contributed by atoms with Gasteiger partial charge in [0.25, 0.3) is 5.91 Å². The molecular weight excluding hydrogens is 660 g/mol. The molecule has 1 aliphatic carbocycles. The Kier molecular flexibility index (Phi) is 15.3. The van der Waals surface area contributed by atoms with Crippen LogP contribution in [0.3, 0.4) is 0 Å². The predicted molar refractivity (Wildman–Crippen MR) is 160 cm³/mol. The Balaban J connectivity index is 0.000000687. The molecule has 2 aromatic rings. The fourth-order valence-electron chi connectivity index (χ4n) is 4.26. The largest absolute Gasteiger partial charge is 0.490 e. The Morgan fingerprint density at radius 1 is 1.02 bits per heavy atom. The number of aromatic nitrogens is 2. The van der Waals surface area contributed by atoms with Crippen molar-refractivity contribution in [2.75, 3.05) is 12.4 Å². The second kappa shape index (κ2) is 17.9. The average Bonchev–Trinajstić information content (AvgIpc) is 2.99. The number of amides is 1. The molecule has 1 heterocycles. The van der Waals surface area contributed by atoms with Crippen molar-refractivity contribution in [1.29, 1.82) is 0 Å². The fourth-order valence-corrected chi connectivity index (χ4v) is 4.26. The van der Waals surface area contributed by atoms with Crippen LogP contribution >= 0.6 is 0 Å². The Morgan fingerprint density at radius 2 is 1.56 bits per heavy atom. The van der Waals surface area contributed by atoms with E-state index in [4.69, 9.17) is 36.0 Å². The summed E-state index contributed by atoms with van der Waals surface area (Å²) >= 11 is 0. The molecule has 1 aromatic heterocycles. The number of aliphatic carboxylic acids is 2. The predicted octanol–water partition coefficient (Wildman–Crippen LogP) is 3.52. The number of halogens is 6. The number of benzene rings is 1. The molecule has 0 saturated heterocycles. The minimum Gasteiger partial charge on any atom is -0.475 e. The molecule has 0 aliphatic heterocycles. The number of nitrogens with two attached hydrogens (primary N) is 2. The summed E-state index contributed by atoms with van der Waals surface area (Å²) < 4.78 is 68.4. The second-order valence-electron chi connectivity index (χ2n) is 10.5. The first-order chi connectivity index (χ1) is 22.1. The molecule has 1 fully saturated rings. The third-order valence-corrected chi connectivity index (χ3v) is 6.86. The third kappa shape index (κ3) is 13.1. The molecule has 3 rings (SSSR count). The quantitative estimate of drug-likeness (QED) is 0.101. The van der Waals surface area contributed by atoms with Gasteiger partial charge in [-0.25, -0.2) is 29.3 Å². The number of methoxy groups -OCH3 is 1. The second-order valence-corrected chi connectivity index (χ2v) is 10.5. The number of aryl methyl sites for hydroxylation is 1. The number of esters is 1. The van der Waals surface area contributed by atoms with Crippen molar-refractivity contribution in [3.05, 3.63) is 29.6 Å². The molecule has 1 aliphatic rings. The zero-order valence-corrected chi connectivity index (χ0v) is 26.3. The summed E-state index contributed by atoms with van der Waals surface area (Å²) in [5.74, 6) is -6.09. The first kappa shape index (κ1) is 41.1. The summed E-state index contributed by atoms with van der Waals surface area (Å²) in [5, 5.41) is 21.3. The lowest BCUT2D eigenvalue weighted by atomic mass is 9.90. The Morgan fingerprint density at radius 3 is 2.04 bits per heavy atom. The minimum atomic E-state index is -5.08. The molecule has 0 spiro atoms. The highest BCUT2D eigenvalue weighted by atomic mass is 19.4. The van der Waals surface area contributed by atoms with Gasteiger partial charge in [0.15, 0.2) is 5.96 Å². The lowest BCUT2D eigenvalue weighted by molar-refractivity contribution is -0.193. The maximum absolute atomic E-state index is 13.1. The van der Waals surface area contributed by atoms with Crippen molar-refractivity contribution in [3.63, 3.8) is 0 Å². The smallest absolute Gasteiger partial charge is 0.475 e. The van der Waals surface area contributed by atoms with Gasteiger partial charge in [0.05, 0.1) is 24.7 Å². The highest BCUT2D eigenvalue weighted by molar-refractivity contribution is 5.98. The number of aliphatic imine (C=N–C) groups is 1. The van der Waals surface area contributed by atoms with Crippen LogP contribution in [0.5, 0.6) is 0 Å². The van der Waals surface area contributed by atoms with Crippen molar-refractivity contribution >= 4 is 46.5 Å². The Hall–Kier alpha value is -4.91. The number of alkyl halides is 6. The standard InChI is InChI=1S/C24H35N7O3.2C2HF3O2/c1-5-14(3)19(23(33)34-4)30-22(32)21-27-16-11-10-13(2)12-15(16)20(31-21)28-17-8-6-7-9-18(17)29-24(25)26;2*3-2(4,5)1(6)7/h10-12,14,17-19H,5-9H2,1-4H3,(H,30,32)(H4,25,26,29)(H,27,28,31);2*(H,6,7). The first-order valence-electron chi connectivity index (χ1n) is 14.2. The summed E-state index contributed by atoms with van der Waals surface area (Å²) in [6, 6.07) is 4.86. The van der Waals surface area contributed by atoms with Gasteiger partial charge < -0.3 is 37.1 Å². The maximum Gasteiger partial charge on any atom is 0.490 e. The van der Waals surface area contributed by atoms with E-state index in [0.29, 0.717) is 17.8 Å². The Labute approximate surface area is 270 Å². The molecular formula is C28H37F6N7O7. The van der Waals surface area contributed by atoms with Crippen LogP contribution < -0.4 is 22.1 Å². The van der Waals surface area contributed by atoms with Gasteiger partial charge in [-0.2, -0.15) is 26.3 Å². The normalized spacial score (nSPS) is 17.2. The number of fused-ring (bicyclic) bond motifs is 1. The van der Waals surface area contributed by atoms with E-state index in [2.05, 4.69) is 25.6 Å². The summed E-state index contributed by atoms with van der Waals surface area (Å²) in [6.45, 7) is 5.81. The average molecular weight is 698 g/mol. The molecule has 48 heavy (non-hydrogen) atoms. The molecule has 20 heteroatoms. The van der Waals surface area contributed by atoms with Gasteiger partial charge in [-0.3, -0.25) is 4.79 Å². The van der Waals surface area contributed by atoms with Crippen molar-refractivity contribution < 1.29 is 60.5 Å². The SMILES string of the molecule is CCC(C)C(NC(=O)c1nc(NC2CCCCC2N=C(N)N)c2cc(C)ccc2n1)C(=O)OC.O=C(O)C(F)(F)F.O=C(O)C(F)(F)F. The number of guanidine groups is 1. The van der Waals surface area contributed by atoms with Gasteiger partial charge in [-0.1, -0.05) is 44.7 Å². The van der Waals surface area contributed by atoms with Crippen LogP contribution in [0.15, 0.2) is 23.2 Å². The summed E-state index contributed by atoms with van der Waals surface area (Å²) in [7, 11) is 1.30. The number of ether oxygens (including phenoxy) is 1. The number of carbonyl (C=O) groups is 4. The number of anilines is 1. The van der Waals surface area contributed by atoms with E-state index in [1.807, 2.05) is 39.0 Å². The Bertz CT molecular complexity index is 1440. The van der Waals surface area contributed by atoms with Crippen LogP contribution in [0.4, 0.5) is 32.2 Å². The van der Waals surface area contributed by atoms with E-state index in [1.54, 1.807) is 0 Å². The van der Waals surface area contributed by atoms with Crippen LogP contribution in [-0.4, -0.2) is 87.5 Å². The van der Waals surface area contributed by atoms with E-state index >= 15 is 0 Å². The number of hydrogen-bond donors (Lipinski definition) is 6. The first-order valence-corrected chi connectivity index (χ1v) is 14.2. The van der Waals surface area contributed by atoms with Crippen LogP contribution in [0.25, 0.3) is 10.9 Å². The zero-order chi connectivity index (χ0) is 37.0. The molecule has 4 atom stereocenters. The van der Waals surface area contributed by atoms with Crippen LogP contribution in [0.2, 0.25) is 0 Å². The number of carboxylic acid groups (broad SMARTS) is 2. The third-order valence-electron chi connectivity index (χ3n) is 6.86. The number of rotatable bonds is 8. The number of nitrogens with one attached hydrogen (secondary N) is 2. The van der Waals surface area contributed by atoms with E-state index in [0.717, 1.165) is 36.6 Å². The molecule has 4 unspecified atom stereocenters. The minimum absolute atomic E-state index is 0.0229. The molecule has 14 nitrogen and oxygen atoms in total. The zero-order valence-electron chi connectivity index (χ0n) is 26.3. The van der Waals surface area contributed by atoms with Crippen molar-refractivity contribution in [3.8, 4) is 0 Å². The summed E-state index contributed by atoms with van der Waals surface area (Å²) in [6.07, 6.45) is -5.65. The molecule has 0 bridgehead atoms. The van der Waals surface area contributed by atoms with Gasteiger partial charge in [-0.15, -0.1) is 0 Å². The van der Waals surface area contributed by atoms with E-state index in [-0.39, 0.29) is 29.8 Å². The van der Waals surface area contributed by atoms with E-state index in [9.17, 15) is 35.9 Å². The molecule has 8 N–H and O–H groups in total. The molecule has 1 aromatic carbocycles. The van der Waals surface area contributed by atoms with Crippen molar-refractivity contribution in [2.45, 2.75) is 83.4 Å². The monoisotopic (exact) mass is 697 g/mol. The van der Waals surface area contributed by atoms with Crippen molar-refractivity contribution in [2.24, 2.45) is 22.4 Å². The van der Waals surface area contributed by atoms with Gasteiger partial charge in [-0.05, 0) is 37.8 Å². The van der Waals surface area contributed by atoms with Gasteiger partial charge in [0.2, 0.25) is 5.82 Å². The van der Waals surface area contributed by atoms with Gasteiger partial charge in [0, 0.05) is 5.39 Å². The number of nitrogens with zero attached hydrogens (tertiary/aromatic N) is 3. The lowest BCUT2D eigenvalue weighted by Gasteiger charge is -2.30. The van der Waals surface area contributed by atoms with Gasteiger partial charge >= 0.3 is 30.3 Å². The number of hydrogen-bond acceptors (Lipinski definition) is 9. The van der Waals surface area contributed by atoms with Crippen LogP contribution in [-0.2, 0) is 19.1 Å². The van der Waals surface area contributed by atoms with E-state index < -0.39 is 42.2 Å². The molecule has 1 amide bonds. The highest BCUT2D eigenvalue weighted by Gasteiger charge is 2.39. The van der Waals surface area contributed by atoms with Gasteiger partial charge in [0.1, 0.15) is 11.9 Å². The maximum atomic E-state index is 13.1. The molecule has 0 radical (unpaired) electrons. The lowest BCUT2D eigenvalue weighted by Crippen LogP contribution is -2.46. The van der Waals surface area contributed by atoms with Crippen LogP contribution in [0.1, 0.15) is 62.1 Å². The number of carboxylic acids is 2.